The Morgan fingerprint density at radius 2 is 1.72 bits per heavy atom. The number of hydrogen-bond donors (Lipinski definition) is 0. The van der Waals surface area contributed by atoms with Crippen LogP contribution in [0.25, 0.3) is 16.9 Å². The molecule has 184 valence electrons. The quantitative estimate of drug-likeness (QED) is 0.427. The predicted octanol–water partition coefficient (Wildman–Crippen LogP) is 2.80. The minimum absolute atomic E-state index is 0.133. The number of aromatic nitrogens is 4. The lowest BCUT2D eigenvalue weighted by molar-refractivity contribution is 0.0408. The van der Waals surface area contributed by atoms with Crippen molar-refractivity contribution in [3.63, 3.8) is 0 Å². The molecule has 0 bridgehead atoms. The fourth-order valence-electron chi connectivity index (χ4n) is 4.46. The minimum atomic E-state index is -0.199. The third-order valence-corrected chi connectivity index (χ3v) is 6.32. The molecule has 1 atom stereocenters. The molecule has 0 spiro atoms. The third-order valence-electron chi connectivity index (χ3n) is 6.32. The zero-order valence-electron chi connectivity index (χ0n) is 20.3. The summed E-state index contributed by atoms with van der Waals surface area (Å²) in [6, 6.07) is 14.2. The second-order valence-corrected chi connectivity index (χ2v) is 8.51. The van der Waals surface area contributed by atoms with Crippen molar-refractivity contribution in [2.45, 2.75) is 13.0 Å². The number of pyridine rings is 1. The average Bonchev–Trinajstić information content (AvgIpc) is 3.37. The lowest BCUT2D eigenvalue weighted by atomic mass is 10.1. The first-order valence-electron chi connectivity index (χ1n) is 11.6. The molecule has 0 saturated carbocycles. The van der Waals surface area contributed by atoms with E-state index in [4.69, 9.17) is 9.47 Å². The summed E-state index contributed by atoms with van der Waals surface area (Å²) in [5.41, 5.74) is 2.87. The molecule has 0 radical (unpaired) electrons. The highest BCUT2D eigenvalue weighted by Crippen LogP contribution is 2.32. The fraction of sp³-hybridized carbons (Fsp3) is 0.269. The number of hydrogen-bond acceptors (Lipinski definition) is 7. The molecular weight excluding hydrogens is 460 g/mol. The van der Waals surface area contributed by atoms with Crippen LogP contribution < -0.4 is 9.47 Å². The highest BCUT2D eigenvalue weighted by atomic mass is 16.5. The second kappa shape index (κ2) is 9.65. The van der Waals surface area contributed by atoms with Gasteiger partial charge in [-0.3, -0.25) is 14.6 Å². The Morgan fingerprint density at radius 1 is 0.889 bits per heavy atom. The number of amides is 2. The molecule has 10 nitrogen and oxygen atoms in total. The Kier molecular flexibility index (Phi) is 6.24. The van der Waals surface area contributed by atoms with Gasteiger partial charge in [0.25, 0.3) is 11.8 Å². The monoisotopic (exact) mass is 486 g/mol. The molecule has 4 aromatic rings. The predicted molar refractivity (Wildman–Crippen MR) is 132 cm³/mol. The van der Waals surface area contributed by atoms with Crippen LogP contribution in [-0.4, -0.2) is 81.1 Å². The average molecular weight is 487 g/mol. The fourth-order valence-corrected chi connectivity index (χ4v) is 4.46. The van der Waals surface area contributed by atoms with Crippen LogP contribution in [0.2, 0.25) is 0 Å². The van der Waals surface area contributed by atoms with E-state index < -0.39 is 0 Å². The molecule has 1 aliphatic rings. The van der Waals surface area contributed by atoms with Gasteiger partial charge in [0.15, 0.2) is 22.8 Å². The number of benzene rings is 1. The van der Waals surface area contributed by atoms with Gasteiger partial charge in [-0.25, -0.2) is 9.50 Å². The van der Waals surface area contributed by atoms with E-state index in [0.717, 1.165) is 11.3 Å². The van der Waals surface area contributed by atoms with Crippen molar-refractivity contribution < 1.29 is 19.1 Å². The molecule has 4 heterocycles. The number of fused-ring (bicyclic) bond motifs is 1. The summed E-state index contributed by atoms with van der Waals surface area (Å²) >= 11 is 0. The molecule has 1 saturated heterocycles. The van der Waals surface area contributed by atoms with Gasteiger partial charge in [0.05, 0.1) is 19.9 Å². The normalized spacial score (nSPS) is 15.7. The zero-order valence-corrected chi connectivity index (χ0v) is 20.3. The summed E-state index contributed by atoms with van der Waals surface area (Å²) in [6.07, 6.45) is 3.28. The van der Waals surface area contributed by atoms with Gasteiger partial charge in [-0.05, 0) is 43.3 Å². The summed E-state index contributed by atoms with van der Waals surface area (Å²) in [5, 5.41) is 4.59. The van der Waals surface area contributed by atoms with Crippen LogP contribution in [0.4, 0.5) is 0 Å². The highest BCUT2D eigenvalue weighted by Gasteiger charge is 2.32. The van der Waals surface area contributed by atoms with E-state index in [2.05, 4.69) is 15.1 Å². The van der Waals surface area contributed by atoms with Crippen LogP contribution >= 0.6 is 0 Å². The summed E-state index contributed by atoms with van der Waals surface area (Å²) < 4.78 is 12.4. The van der Waals surface area contributed by atoms with E-state index in [-0.39, 0.29) is 17.9 Å². The molecule has 2 amide bonds. The SMILES string of the molecule is COc1ccc(-c2ccnc3cc(C(=O)N4CCN(C(=O)c5ccccn5)[C@@H](C)C4)nn23)cc1OC. The number of piperazine rings is 1. The van der Waals surface area contributed by atoms with Crippen molar-refractivity contribution in [3.8, 4) is 22.8 Å². The van der Waals surface area contributed by atoms with Gasteiger partial charge >= 0.3 is 0 Å². The van der Waals surface area contributed by atoms with Crippen LogP contribution in [0.1, 0.15) is 27.9 Å². The molecule has 1 aliphatic heterocycles. The molecule has 1 fully saturated rings. The first-order valence-corrected chi connectivity index (χ1v) is 11.6. The Bertz CT molecular complexity index is 1420. The van der Waals surface area contributed by atoms with Gasteiger partial charge in [0, 0.05) is 49.7 Å². The van der Waals surface area contributed by atoms with Crippen molar-refractivity contribution >= 4 is 17.5 Å². The third kappa shape index (κ3) is 4.21. The van der Waals surface area contributed by atoms with Gasteiger partial charge in [0.2, 0.25) is 0 Å². The molecule has 1 aromatic carbocycles. The van der Waals surface area contributed by atoms with E-state index in [1.54, 1.807) is 65.2 Å². The van der Waals surface area contributed by atoms with Crippen LogP contribution in [-0.2, 0) is 0 Å². The molecule has 0 unspecified atom stereocenters. The number of ether oxygens (including phenoxy) is 2. The van der Waals surface area contributed by atoms with Gasteiger partial charge in [-0.2, -0.15) is 5.10 Å². The van der Waals surface area contributed by atoms with Gasteiger partial charge in [-0.15, -0.1) is 0 Å². The number of carbonyl (C=O) groups excluding carboxylic acids is 2. The van der Waals surface area contributed by atoms with Gasteiger partial charge < -0.3 is 19.3 Å². The largest absolute Gasteiger partial charge is 0.493 e. The van der Waals surface area contributed by atoms with Crippen molar-refractivity contribution in [1.29, 1.82) is 0 Å². The van der Waals surface area contributed by atoms with Crippen LogP contribution in [0.15, 0.2) is 60.9 Å². The number of carbonyl (C=O) groups is 2. The van der Waals surface area contributed by atoms with Crippen molar-refractivity contribution in [3.05, 3.63) is 72.3 Å². The number of nitrogens with zero attached hydrogens (tertiary/aromatic N) is 6. The Labute approximate surface area is 208 Å². The standard InChI is InChI=1S/C26H26N6O4/c1-17-16-30(12-13-31(17)26(34)19-6-4-5-10-27-19)25(33)20-15-24-28-11-9-21(32(24)29-20)18-7-8-22(35-2)23(14-18)36-3/h4-11,14-15,17H,12-13,16H2,1-3H3/t17-/m0/s1. The van der Waals surface area contributed by atoms with Gasteiger partial charge in [0.1, 0.15) is 5.69 Å². The maximum absolute atomic E-state index is 13.4. The Hall–Kier alpha value is -4.47. The zero-order chi connectivity index (χ0) is 25.2. The molecule has 5 rings (SSSR count). The number of rotatable bonds is 5. The van der Waals surface area contributed by atoms with E-state index in [9.17, 15) is 9.59 Å². The minimum Gasteiger partial charge on any atom is -0.493 e. The van der Waals surface area contributed by atoms with E-state index in [1.165, 1.54) is 0 Å². The van der Waals surface area contributed by atoms with Crippen molar-refractivity contribution in [2.24, 2.45) is 0 Å². The van der Waals surface area contributed by atoms with Crippen LogP contribution in [0, 0.1) is 0 Å². The second-order valence-electron chi connectivity index (χ2n) is 8.51. The van der Waals surface area contributed by atoms with Crippen molar-refractivity contribution in [2.75, 3.05) is 33.9 Å². The topological polar surface area (TPSA) is 102 Å². The van der Waals surface area contributed by atoms with E-state index in [1.807, 2.05) is 31.2 Å². The summed E-state index contributed by atoms with van der Waals surface area (Å²) in [5.74, 6) is 0.885. The smallest absolute Gasteiger partial charge is 0.274 e. The van der Waals surface area contributed by atoms with Crippen molar-refractivity contribution in [1.82, 2.24) is 29.4 Å². The lowest BCUT2D eigenvalue weighted by Crippen LogP contribution is -2.55. The van der Waals surface area contributed by atoms with Gasteiger partial charge in [-0.1, -0.05) is 6.07 Å². The van der Waals surface area contributed by atoms with E-state index >= 15 is 0 Å². The molecule has 10 heteroatoms. The first kappa shape index (κ1) is 23.3. The van der Waals surface area contributed by atoms with Crippen LogP contribution in [0.3, 0.4) is 0 Å². The lowest BCUT2D eigenvalue weighted by Gasteiger charge is -2.39. The summed E-state index contributed by atoms with van der Waals surface area (Å²) in [6.45, 7) is 3.17. The Balaban J connectivity index is 1.37. The first-order chi connectivity index (χ1) is 17.5. The number of methoxy groups -OCH3 is 2. The Morgan fingerprint density at radius 3 is 2.44 bits per heavy atom. The molecule has 0 N–H and O–H groups in total. The maximum Gasteiger partial charge on any atom is 0.274 e. The molecule has 36 heavy (non-hydrogen) atoms. The summed E-state index contributed by atoms with van der Waals surface area (Å²) in [4.78, 5) is 38.2. The highest BCUT2D eigenvalue weighted by molar-refractivity contribution is 5.95. The summed E-state index contributed by atoms with van der Waals surface area (Å²) in [7, 11) is 3.17. The molecular formula is C26H26N6O4. The maximum atomic E-state index is 13.4. The van der Waals surface area contributed by atoms with Crippen LogP contribution in [0.5, 0.6) is 11.5 Å². The van der Waals surface area contributed by atoms with E-state index in [0.29, 0.717) is 48.2 Å². The molecule has 3 aromatic heterocycles. The molecule has 0 aliphatic carbocycles.